The number of carboxylic acid groups (broad SMARTS) is 2. The molecule has 1 heterocycles. The molecular formula is C15H21F3N6O5. The van der Waals surface area contributed by atoms with Crippen LogP contribution in [0.2, 0.25) is 0 Å². The van der Waals surface area contributed by atoms with Crippen LogP contribution in [0.5, 0.6) is 0 Å². The molecule has 1 rings (SSSR count). The van der Waals surface area contributed by atoms with Gasteiger partial charge in [-0.25, -0.2) is 14.6 Å². The number of aromatic nitrogens is 2. The number of anilines is 1. The summed E-state index contributed by atoms with van der Waals surface area (Å²) >= 11 is 0. The first-order chi connectivity index (χ1) is 13.4. The van der Waals surface area contributed by atoms with Crippen molar-refractivity contribution in [2.24, 2.45) is 16.5 Å². The van der Waals surface area contributed by atoms with E-state index < -0.39 is 24.7 Å². The lowest BCUT2D eigenvalue weighted by molar-refractivity contribution is -0.134. The second kappa shape index (κ2) is 12.7. The predicted octanol–water partition coefficient (Wildman–Crippen LogP) is 0.539. The normalized spacial score (nSPS) is 11.6. The molecule has 29 heavy (non-hydrogen) atoms. The number of primary amides is 1. The third-order valence-corrected chi connectivity index (χ3v) is 2.75. The van der Waals surface area contributed by atoms with Gasteiger partial charge >= 0.3 is 18.1 Å². The molecule has 0 aliphatic heterocycles. The van der Waals surface area contributed by atoms with E-state index in [0.29, 0.717) is 43.8 Å². The van der Waals surface area contributed by atoms with E-state index in [0.717, 1.165) is 0 Å². The van der Waals surface area contributed by atoms with E-state index in [1.165, 1.54) is 0 Å². The molecule has 0 aliphatic carbocycles. The van der Waals surface area contributed by atoms with Gasteiger partial charge in [-0.15, -0.1) is 0 Å². The summed E-state index contributed by atoms with van der Waals surface area (Å²) in [6.45, 7) is -0.784. The van der Waals surface area contributed by atoms with Crippen molar-refractivity contribution in [2.75, 3.05) is 11.9 Å². The first kappa shape index (κ1) is 25.4. The Morgan fingerprint density at radius 2 is 1.76 bits per heavy atom. The first-order valence-electron chi connectivity index (χ1n) is 7.98. The summed E-state index contributed by atoms with van der Waals surface area (Å²) in [5, 5.41) is 22.1. The lowest BCUT2D eigenvalue weighted by Crippen LogP contribution is -2.25. The van der Waals surface area contributed by atoms with E-state index in [9.17, 15) is 27.6 Å². The molecule has 0 saturated carbocycles. The van der Waals surface area contributed by atoms with Crippen molar-refractivity contribution in [1.29, 1.82) is 0 Å². The van der Waals surface area contributed by atoms with Crippen molar-refractivity contribution in [3.05, 3.63) is 24.4 Å². The van der Waals surface area contributed by atoms with Crippen LogP contribution in [0.3, 0.4) is 0 Å². The van der Waals surface area contributed by atoms with Crippen LogP contribution in [-0.2, 0) is 20.9 Å². The molecule has 1 aromatic heterocycles. The Morgan fingerprint density at radius 1 is 1.17 bits per heavy atom. The van der Waals surface area contributed by atoms with Gasteiger partial charge in [0.2, 0.25) is 5.91 Å². The zero-order valence-corrected chi connectivity index (χ0v) is 15.1. The number of nitrogens with one attached hydrogen (secondary N) is 1. The SMILES string of the molecule is NC(=O)CCCCn1ccc(NC(N)=NCC(F)(F)F)n1.O=C(O)/C=C\C(=O)O. The van der Waals surface area contributed by atoms with Crippen LogP contribution in [0.1, 0.15) is 19.3 Å². The van der Waals surface area contributed by atoms with Gasteiger partial charge < -0.3 is 27.0 Å². The smallest absolute Gasteiger partial charge is 0.408 e. The van der Waals surface area contributed by atoms with E-state index in [2.05, 4.69) is 15.4 Å². The maximum absolute atomic E-state index is 11.9. The second-order valence-electron chi connectivity index (χ2n) is 5.34. The molecule has 1 aromatic rings. The molecule has 0 unspecified atom stereocenters. The number of halogens is 3. The topological polar surface area (TPSA) is 186 Å². The number of aliphatic carboxylic acids is 2. The highest BCUT2D eigenvalue weighted by molar-refractivity contribution is 5.91. The second-order valence-corrected chi connectivity index (χ2v) is 5.34. The van der Waals surface area contributed by atoms with Gasteiger partial charge in [0.25, 0.3) is 0 Å². The number of hydrogen-bond donors (Lipinski definition) is 5. The molecule has 0 aromatic carbocycles. The van der Waals surface area contributed by atoms with Crippen LogP contribution >= 0.6 is 0 Å². The van der Waals surface area contributed by atoms with Crippen molar-refractivity contribution < 1.29 is 37.8 Å². The Morgan fingerprint density at radius 3 is 2.24 bits per heavy atom. The van der Waals surface area contributed by atoms with Crippen LogP contribution in [0.15, 0.2) is 29.4 Å². The van der Waals surface area contributed by atoms with Gasteiger partial charge in [-0.05, 0) is 12.8 Å². The minimum absolute atomic E-state index is 0.299. The third-order valence-electron chi connectivity index (χ3n) is 2.75. The van der Waals surface area contributed by atoms with E-state index in [-0.39, 0.29) is 11.9 Å². The largest absolute Gasteiger partial charge is 0.478 e. The number of aryl methyl sites for hydroxylation is 1. The molecule has 0 radical (unpaired) electrons. The quantitative estimate of drug-likeness (QED) is 0.165. The number of nitrogens with two attached hydrogens (primary N) is 2. The Bertz CT molecular complexity index is 729. The van der Waals surface area contributed by atoms with Gasteiger partial charge in [0.1, 0.15) is 6.54 Å². The average molecular weight is 422 g/mol. The third kappa shape index (κ3) is 16.3. The molecule has 162 valence electrons. The van der Waals surface area contributed by atoms with Crippen LogP contribution in [0, 0.1) is 0 Å². The van der Waals surface area contributed by atoms with E-state index in [4.69, 9.17) is 21.7 Å². The maximum Gasteiger partial charge on any atom is 0.408 e. The van der Waals surface area contributed by atoms with Gasteiger partial charge in [0, 0.05) is 37.4 Å². The number of alkyl halides is 3. The fourth-order valence-corrected chi connectivity index (χ4v) is 1.61. The van der Waals surface area contributed by atoms with Crippen molar-refractivity contribution >= 4 is 29.6 Å². The van der Waals surface area contributed by atoms with Crippen molar-refractivity contribution in [3.63, 3.8) is 0 Å². The number of unbranched alkanes of at least 4 members (excludes halogenated alkanes) is 1. The number of carbonyl (C=O) groups is 3. The number of guanidine groups is 1. The molecule has 0 aliphatic rings. The summed E-state index contributed by atoms with van der Waals surface area (Å²) < 4.78 is 37.4. The van der Waals surface area contributed by atoms with E-state index >= 15 is 0 Å². The maximum atomic E-state index is 11.9. The Hall–Kier alpha value is -3.58. The molecule has 0 bridgehead atoms. The Balaban J connectivity index is 0.000000828. The van der Waals surface area contributed by atoms with Crippen LogP contribution in [-0.4, -0.2) is 56.5 Å². The lowest BCUT2D eigenvalue weighted by Gasteiger charge is -2.04. The molecular weight excluding hydrogens is 401 g/mol. The van der Waals surface area contributed by atoms with Crippen LogP contribution < -0.4 is 16.8 Å². The van der Waals surface area contributed by atoms with Crippen LogP contribution in [0.4, 0.5) is 19.0 Å². The zero-order chi connectivity index (χ0) is 22.4. The summed E-state index contributed by atoms with van der Waals surface area (Å²) in [4.78, 5) is 32.8. The highest BCUT2D eigenvalue weighted by atomic mass is 19.4. The predicted molar refractivity (Wildman–Crippen MR) is 95.9 cm³/mol. The molecule has 7 N–H and O–H groups in total. The molecule has 0 fully saturated rings. The minimum atomic E-state index is -4.40. The fraction of sp³-hybridized carbons (Fsp3) is 0.400. The number of carboxylic acids is 2. The molecule has 0 atom stereocenters. The lowest BCUT2D eigenvalue weighted by atomic mass is 10.2. The van der Waals surface area contributed by atoms with Gasteiger partial charge in [0.15, 0.2) is 11.8 Å². The molecule has 14 heteroatoms. The Kier molecular flexibility index (Phi) is 11.2. The summed E-state index contributed by atoms with van der Waals surface area (Å²) in [6, 6.07) is 1.56. The molecule has 0 spiro atoms. The van der Waals surface area contributed by atoms with Gasteiger partial charge in [-0.2, -0.15) is 18.3 Å². The summed E-state index contributed by atoms with van der Waals surface area (Å²) in [5.41, 5.74) is 10.3. The average Bonchev–Trinajstić information content (AvgIpc) is 3.02. The standard InChI is InChI=1S/C11H17F3N6O.C4H4O4/c12-11(13,14)7-17-10(16)18-9-4-6-20(19-9)5-2-1-3-8(15)21;5-3(6)1-2-4(7)8/h4,6H,1-3,5,7H2,(H2,15,21)(H3,16,17,18,19);1-2H,(H,5,6)(H,7,8)/b;2-1-. The summed E-state index contributed by atoms with van der Waals surface area (Å²) in [7, 11) is 0. The number of nitrogens with zero attached hydrogens (tertiary/aromatic N) is 3. The van der Waals surface area contributed by atoms with Crippen molar-refractivity contribution in [3.8, 4) is 0 Å². The van der Waals surface area contributed by atoms with Crippen molar-refractivity contribution in [1.82, 2.24) is 9.78 Å². The molecule has 0 saturated heterocycles. The van der Waals surface area contributed by atoms with E-state index in [1.807, 2.05) is 0 Å². The zero-order valence-electron chi connectivity index (χ0n) is 15.1. The summed E-state index contributed by atoms with van der Waals surface area (Å²) in [6.07, 6.45) is 0.0264. The highest BCUT2D eigenvalue weighted by Gasteiger charge is 2.26. The first-order valence-corrected chi connectivity index (χ1v) is 7.98. The van der Waals surface area contributed by atoms with E-state index in [1.54, 1.807) is 16.9 Å². The van der Waals surface area contributed by atoms with Gasteiger partial charge in [0.05, 0.1) is 0 Å². The Labute approximate surface area is 162 Å². The molecule has 1 amide bonds. The number of aliphatic imine (C=N–C) groups is 1. The van der Waals surface area contributed by atoms with Crippen molar-refractivity contribution in [2.45, 2.75) is 32.0 Å². The highest BCUT2D eigenvalue weighted by Crippen LogP contribution is 2.14. The number of amides is 1. The summed E-state index contributed by atoms with van der Waals surface area (Å²) in [5.74, 6) is -2.93. The number of hydrogen-bond acceptors (Lipinski definition) is 5. The van der Waals surface area contributed by atoms with Crippen LogP contribution in [0.25, 0.3) is 0 Å². The fourth-order valence-electron chi connectivity index (χ4n) is 1.61. The number of carbonyl (C=O) groups excluding carboxylic acids is 1. The minimum Gasteiger partial charge on any atom is -0.478 e. The van der Waals surface area contributed by atoms with Gasteiger partial charge in [-0.1, -0.05) is 0 Å². The number of rotatable bonds is 9. The molecule has 11 nitrogen and oxygen atoms in total. The van der Waals surface area contributed by atoms with Gasteiger partial charge in [-0.3, -0.25) is 9.48 Å². The monoisotopic (exact) mass is 422 g/mol.